The Bertz CT molecular complexity index is 1740. The van der Waals surface area contributed by atoms with Gasteiger partial charge in [0, 0.05) is 43.1 Å². The minimum absolute atomic E-state index is 0.0387. The lowest BCUT2D eigenvalue weighted by Crippen LogP contribution is -2.41. The standard InChI is InChI=1S/C40H50F2N4O6/c1-6-8-9-10-31-26-43-38(46(31)21-22-52-7-2)36(47)28-13-17-44(18-14-28)19-15-40(30-11-12-32(41)33(42)25-30)16-20-45(27-40)39(48)29-23-34(49-3)37(51-5)35(24-29)50-4/h6,8-12,23-26,28H,7,13-22,27H2,1-5H3/b8-6+,10-9+. The zero-order valence-electron chi connectivity index (χ0n) is 30.8. The number of ether oxygens (including phenoxy) is 4. The van der Waals surface area contributed by atoms with E-state index in [-0.39, 0.29) is 17.6 Å². The molecule has 1 unspecified atom stereocenters. The van der Waals surface area contributed by atoms with Gasteiger partial charge in [-0.2, -0.15) is 0 Å². The molecule has 1 amide bonds. The molecule has 5 rings (SSSR count). The molecule has 0 bridgehead atoms. The van der Waals surface area contributed by atoms with Gasteiger partial charge in [-0.05, 0) is 95.1 Å². The van der Waals surface area contributed by atoms with Crippen molar-refractivity contribution < 1.29 is 37.3 Å². The normalized spacial score (nSPS) is 18.5. The van der Waals surface area contributed by atoms with E-state index >= 15 is 0 Å². The summed E-state index contributed by atoms with van der Waals surface area (Å²) in [6, 6.07) is 7.31. The number of aromatic nitrogens is 2. The second-order valence-corrected chi connectivity index (χ2v) is 13.3. The van der Waals surface area contributed by atoms with Crippen molar-refractivity contribution in [1.82, 2.24) is 19.4 Å². The number of methoxy groups -OCH3 is 3. The minimum Gasteiger partial charge on any atom is -0.493 e. The quantitative estimate of drug-likeness (QED) is 0.0931. The predicted molar refractivity (Wildman–Crippen MR) is 195 cm³/mol. The molecule has 52 heavy (non-hydrogen) atoms. The largest absolute Gasteiger partial charge is 0.493 e. The average molecular weight is 721 g/mol. The van der Waals surface area contributed by atoms with E-state index < -0.39 is 17.0 Å². The van der Waals surface area contributed by atoms with Crippen LogP contribution in [0.25, 0.3) is 6.08 Å². The molecule has 0 saturated carbocycles. The first-order valence-electron chi connectivity index (χ1n) is 17.9. The Kier molecular flexibility index (Phi) is 13.2. The van der Waals surface area contributed by atoms with Crippen molar-refractivity contribution in [3.05, 3.63) is 89.0 Å². The van der Waals surface area contributed by atoms with Crippen molar-refractivity contribution in [3.63, 3.8) is 0 Å². The van der Waals surface area contributed by atoms with Gasteiger partial charge in [0.25, 0.3) is 5.91 Å². The third-order valence-corrected chi connectivity index (χ3v) is 10.3. The molecule has 280 valence electrons. The van der Waals surface area contributed by atoms with Crippen molar-refractivity contribution in [1.29, 1.82) is 0 Å². The van der Waals surface area contributed by atoms with Crippen molar-refractivity contribution >= 4 is 17.8 Å². The van der Waals surface area contributed by atoms with E-state index in [1.165, 1.54) is 27.4 Å². The summed E-state index contributed by atoms with van der Waals surface area (Å²) >= 11 is 0. The molecule has 2 saturated heterocycles. The highest BCUT2D eigenvalue weighted by Crippen LogP contribution is 2.42. The SMILES string of the molecule is C/C=C/C=C/c1cnc(C(=O)C2CCN(CCC3(c4ccc(F)c(F)c4)CCN(C(=O)c4cc(OC)c(OC)c(OC)c4)C3)CC2)n1CCOCC. The molecule has 0 aliphatic carbocycles. The van der Waals surface area contributed by atoms with Gasteiger partial charge in [0.2, 0.25) is 11.5 Å². The predicted octanol–water partition coefficient (Wildman–Crippen LogP) is 6.58. The fourth-order valence-electron chi connectivity index (χ4n) is 7.34. The van der Waals surface area contributed by atoms with Gasteiger partial charge in [0.05, 0.1) is 39.8 Å². The number of rotatable bonds is 16. The second-order valence-electron chi connectivity index (χ2n) is 13.3. The molecule has 2 fully saturated rings. The number of allylic oxidation sites excluding steroid dienone is 3. The number of carbonyl (C=O) groups excluding carboxylic acids is 2. The summed E-state index contributed by atoms with van der Waals surface area (Å²) in [5, 5.41) is 0. The highest BCUT2D eigenvalue weighted by Gasteiger charge is 2.42. The molecular formula is C40H50F2N4O6. The van der Waals surface area contributed by atoms with E-state index in [4.69, 9.17) is 18.9 Å². The molecule has 2 aliphatic heterocycles. The van der Waals surface area contributed by atoms with Crippen LogP contribution in [0.5, 0.6) is 17.2 Å². The number of likely N-dealkylation sites (tertiary alicyclic amines) is 2. The van der Waals surface area contributed by atoms with Crippen LogP contribution in [0.1, 0.15) is 71.8 Å². The summed E-state index contributed by atoms with van der Waals surface area (Å²) in [5.74, 6) is -0.574. The van der Waals surface area contributed by atoms with Gasteiger partial charge in [0.15, 0.2) is 29.0 Å². The van der Waals surface area contributed by atoms with Crippen LogP contribution in [0.2, 0.25) is 0 Å². The van der Waals surface area contributed by atoms with Crippen LogP contribution in [0.3, 0.4) is 0 Å². The highest BCUT2D eigenvalue weighted by molar-refractivity contribution is 5.96. The number of ketones is 1. The lowest BCUT2D eigenvalue weighted by atomic mass is 9.76. The third-order valence-electron chi connectivity index (χ3n) is 10.3. The number of piperidine rings is 1. The maximum absolute atomic E-state index is 14.7. The van der Waals surface area contributed by atoms with Crippen LogP contribution in [-0.4, -0.2) is 98.3 Å². The van der Waals surface area contributed by atoms with Crippen LogP contribution < -0.4 is 14.2 Å². The van der Waals surface area contributed by atoms with Gasteiger partial charge in [-0.25, -0.2) is 13.8 Å². The Morgan fingerprint density at radius 2 is 1.69 bits per heavy atom. The van der Waals surface area contributed by atoms with Gasteiger partial charge in [-0.1, -0.05) is 24.3 Å². The first kappa shape index (κ1) is 38.7. The Hall–Kier alpha value is -4.55. The fraction of sp³-hybridized carbons (Fsp3) is 0.475. The number of benzene rings is 2. The molecular weight excluding hydrogens is 670 g/mol. The third kappa shape index (κ3) is 8.56. The first-order valence-corrected chi connectivity index (χ1v) is 17.9. The van der Waals surface area contributed by atoms with Crippen LogP contribution >= 0.6 is 0 Å². The second kappa shape index (κ2) is 17.8. The number of hydrogen-bond donors (Lipinski definition) is 0. The van der Waals surface area contributed by atoms with Crippen LogP contribution in [0.15, 0.2) is 54.8 Å². The number of halogens is 2. The summed E-state index contributed by atoms with van der Waals surface area (Å²) in [4.78, 5) is 36.3. The van der Waals surface area contributed by atoms with Crippen LogP contribution in [-0.2, 0) is 16.7 Å². The molecule has 1 aromatic heterocycles. The van der Waals surface area contributed by atoms with Gasteiger partial charge in [0.1, 0.15) is 0 Å². The van der Waals surface area contributed by atoms with Gasteiger partial charge in [-0.15, -0.1) is 0 Å². The summed E-state index contributed by atoms with van der Waals surface area (Å²) in [7, 11) is 4.49. The number of Topliss-reactive ketones (excluding diaryl/α,β-unsaturated/α-hetero) is 1. The maximum atomic E-state index is 14.7. The van der Waals surface area contributed by atoms with E-state index in [0.29, 0.717) is 112 Å². The molecule has 0 spiro atoms. The number of amides is 1. The highest BCUT2D eigenvalue weighted by atomic mass is 19.2. The van der Waals surface area contributed by atoms with E-state index in [2.05, 4.69) is 9.88 Å². The molecule has 10 nitrogen and oxygen atoms in total. The van der Waals surface area contributed by atoms with Crippen LogP contribution in [0.4, 0.5) is 8.78 Å². The molecule has 2 aliphatic rings. The fourth-order valence-corrected chi connectivity index (χ4v) is 7.34. The number of nitrogens with zero attached hydrogens (tertiary/aromatic N) is 4. The Morgan fingerprint density at radius 3 is 2.33 bits per heavy atom. The lowest BCUT2D eigenvalue weighted by Gasteiger charge is -2.36. The maximum Gasteiger partial charge on any atom is 0.254 e. The first-order chi connectivity index (χ1) is 25.2. The van der Waals surface area contributed by atoms with Crippen LogP contribution in [0, 0.1) is 17.6 Å². The molecule has 0 N–H and O–H groups in total. The monoisotopic (exact) mass is 720 g/mol. The summed E-state index contributed by atoms with van der Waals surface area (Å²) in [6.07, 6.45) is 12.1. The van der Waals surface area contributed by atoms with E-state index in [9.17, 15) is 18.4 Å². The summed E-state index contributed by atoms with van der Waals surface area (Å²) in [5.41, 5.74) is 1.30. The zero-order chi connectivity index (χ0) is 37.3. The van der Waals surface area contributed by atoms with Crippen molar-refractivity contribution in [2.75, 3.05) is 67.3 Å². The van der Waals surface area contributed by atoms with Gasteiger partial charge in [-0.3, -0.25) is 9.59 Å². The van der Waals surface area contributed by atoms with Gasteiger partial charge >= 0.3 is 0 Å². The zero-order valence-corrected chi connectivity index (χ0v) is 30.8. The number of carbonyl (C=O) groups is 2. The molecule has 12 heteroatoms. The smallest absolute Gasteiger partial charge is 0.254 e. The summed E-state index contributed by atoms with van der Waals surface area (Å²) < 4.78 is 52.6. The molecule has 2 aromatic carbocycles. The van der Waals surface area contributed by atoms with Crippen molar-refractivity contribution in [2.24, 2.45) is 5.92 Å². The van der Waals surface area contributed by atoms with Crippen molar-refractivity contribution in [3.8, 4) is 17.2 Å². The van der Waals surface area contributed by atoms with Crippen molar-refractivity contribution in [2.45, 2.75) is 51.5 Å². The minimum atomic E-state index is -0.911. The Morgan fingerprint density at radius 1 is 0.962 bits per heavy atom. The average Bonchev–Trinajstić information content (AvgIpc) is 3.79. The summed E-state index contributed by atoms with van der Waals surface area (Å²) in [6.45, 7) is 8.39. The molecule has 0 radical (unpaired) electrons. The topological polar surface area (TPSA) is 95.4 Å². The Labute approximate surface area is 305 Å². The molecule has 1 atom stereocenters. The molecule has 3 heterocycles. The van der Waals surface area contributed by atoms with E-state index in [0.717, 1.165) is 11.8 Å². The molecule has 3 aromatic rings. The lowest BCUT2D eigenvalue weighted by molar-refractivity contribution is 0.0777. The van der Waals surface area contributed by atoms with E-state index in [1.54, 1.807) is 29.3 Å². The Balaban J connectivity index is 1.29. The number of hydrogen-bond acceptors (Lipinski definition) is 8. The number of imidazole rings is 1. The van der Waals surface area contributed by atoms with E-state index in [1.807, 2.05) is 42.7 Å². The van der Waals surface area contributed by atoms with Gasteiger partial charge < -0.3 is 33.3 Å².